The minimum Gasteiger partial charge on any atom is -0.461 e. The van der Waals surface area contributed by atoms with Crippen molar-refractivity contribution < 1.29 is 14.6 Å². The Kier molecular flexibility index (Phi) is 15.0. The highest BCUT2D eigenvalue weighted by Gasteiger charge is 2.66. The van der Waals surface area contributed by atoms with Crippen LogP contribution < -0.4 is 0 Å². The molecule has 0 bridgehead atoms. The second kappa shape index (κ2) is 18.1. The molecule has 1 N–H and O–H groups in total. The van der Waals surface area contributed by atoms with E-state index in [4.69, 9.17) is 4.74 Å². The van der Waals surface area contributed by atoms with Gasteiger partial charge in [0.25, 0.3) is 0 Å². The SMILES string of the molecule is CCCCCC/C=C\CCCCCCCC(=O)O[C@@H]1CC[C@@]2(C)C(=CC[C@H]3[C@@H]2CC[C@]2(C)[C@@H]([C@H](C)CCCC(C)CO)CC[C@@]32C)C1(C)C. The monoisotopic (exact) mass is 681 g/mol. The number of unbranched alkanes of at least 4 members (excludes halogenated alkanes) is 9. The van der Waals surface area contributed by atoms with Crippen LogP contribution in [0.5, 0.6) is 0 Å². The Labute approximate surface area is 304 Å². The molecule has 4 aliphatic carbocycles. The van der Waals surface area contributed by atoms with Crippen molar-refractivity contribution in [3.05, 3.63) is 23.8 Å². The summed E-state index contributed by atoms with van der Waals surface area (Å²) in [5.74, 6) is 3.54. The lowest BCUT2D eigenvalue weighted by Gasteiger charge is -2.64. The molecule has 0 aromatic rings. The van der Waals surface area contributed by atoms with Gasteiger partial charge in [0.1, 0.15) is 6.10 Å². The molecule has 3 nitrogen and oxygen atoms in total. The van der Waals surface area contributed by atoms with E-state index in [0.717, 1.165) is 55.8 Å². The van der Waals surface area contributed by atoms with Crippen LogP contribution in [0.2, 0.25) is 0 Å². The Morgan fingerprint density at radius 1 is 0.816 bits per heavy atom. The standard InChI is InChI=1S/C46H80O3/c1-9-10-11-12-13-14-15-16-17-18-19-20-21-25-42(48)49-41-30-31-44(6)38-29-33-45(7)37(36(3)24-22-23-35(2)34-47)28-32-46(45,8)39(38)26-27-40(44)43(41,4)5/h14-15,27,35-39,41,47H,9-13,16-26,28-34H2,1-8H3/b15-14-/t35?,36-,37-,38+,39+,41-,44-,45-,46+/m1/s1. The van der Waals surface area contributed by atoms with E-state index in [1.165, 1.54) is 103 Å². The van der Waals surface area contributed by atoms with Gasteiger partial charge in [0.15, 0.2) is 0 Å². The van der Waals surface area contributed by atoms with Crippen molar-refractivity contribution in [1.82, 2.24) is 0 Å². The Hall–Kier alpha value is -1.09. The van der Waals surface area contributed by atoms with E-state index in [2.05, 4.69) is 73.6 Å². The van der Waals surface area contributed by atoms with Crippen molar-refractivity contribution in [3.63, 3.8) is 0 Å². The van der Waals surface area contributed by atoms with Crippen LogP contribution in [0, 0.1) is 51.2 Å². The van der Waals surface area contributed by atoms with Gasteiger partial charge < -0.3 is 9.84 Å². The summed E-state index contributed by atoms with van der Waals surface area (Å²) in [7, 11) is 0. The summed E-state index contributed by atoms with van der Waals surface area (Å²) in [4.78, 5) is 13.1. The Bertz CT molecular complexity index is 1090. The van der Waals surface area contributed by atoms with Crippen molar-refractivity contribution in [2.75, 3.05) is 6.61 Å². The minimum absolute atomic E-state index is 0.000611. The zero-order valence-electron chi connectivity index (χ0n) is 33.7. The molecule has 4 rings (SSSR count). The topological polar surface area (TPSA) is 46.5 Å². The number of aliphatic hydroxyl groups excluding tert-OH is 1. The first kappa shape index (κ1) is 40.7. The van der Waals surface area contributed by atoms with E-state index >= 15 is 0 Å². The summed E-state index contributed by atoms with van der Waals surface area (Å²) in [6.07, 6.45) is 34.2. The normalized spacial score (nSPS) is 34.9. The van der Waals surface area contributed by atoms with Crippen molar-refractivity contribution in [2.45, 2.75) is 203 Å². The zero-order valence-corrected chi connectivity index (χ0v) is 33.7. The van der Waals surface area contributed by atoms with Gasteiger partial charge in [-0.3, -0.25) is 4.79 Å². The highest BCUT2D eigenvalue weighted by molar-refractivity contribution is 5.69. The minimum atomic E-state index is -0.1000. The van der Waals surface area contributed by atoms with Crippen molar-refractivity contribution in [1.29, 1.82) is 0 Å². The van der Waals surface area contributed by atoms with Crippen LogP contribution in [0.3, 0.4) is 0 Å². The van der Waals surface area contributed by atoms with Gasteiger partial charge in [-0.25, -0.2) is 0 Å². The molecule has 4 aliphatic rings. The summed E-state index contributed by atoms with van der Waals surface area (Å²) in [6.45, 7) is 20.1. The fourth-order valence-electron chi connectivity index (χ4n) is 12.2. The third-order valence-corrected chi connectivity index (χ3v) is 15.6. The molecule has 0 aromatic heterocycles. The number of allylic oxidation sites excluding steroid dienone is 3. The molecule has 0 amide bonds. The second-order valence-corrected chi connectivity index (χ2v) is 19.1. The maximum Gasteiger partial charge on any atom is 0.306 e. The first-order valence-corrected chi connectivity index (χ1v) is 21.5. The van der Waals surface area contributed by atoms with E-state index in [1.807, 2.05) is 0 Å². The zero-order chi connectivity index (χ0) is 35.7. The van der Waals surface area contributed by atoms with Gasteiger partial charge in [0.05, 0.1) is 0 Å². The molecule has 3 saturated carbocycles. The third kappa shape index (κ3) is 9.11. The molecule has 282 valence electrons. The quantitative estimate of drug-likeness (QED) is 0.0791. The molecule has 3 fully saturated rings. The van der Waals surface area contributed by atoms with Crippen LogP contribution in [-0.4, -0.2) is 23.8 Å². The van der Waals surface area contributed by atoms with Crippen LogP contribution in [0.15, 0.2) is 23.8 Å². The van der Waals surface area contributed by atoms with E-state index in [-0.39, 0.29) is 22.9 Å². The van der Waals surface area contributed by atoms with Crippen LogP contribution >= 0.6 is 0 Å². The number of ether oxygens (including phenoxy) is 1. The molecule has 0 radical (unpaired) electrons. The van der Waals surface area contributed by atoms with Crippen LogP contribution in [0.4, 0.5) is 0 Å². The lowest BCUT2D eigenvalue weighted by Crippen LogP contribution is -2.58. The number of esters is 1. The molecule has 0 aromatic carbocycles. The van der Waals surface area contributed by atoms with E-state index in [9.17, 15) is 9.90 Å². The summed E-state index contributed by atoms with van der Waals surface area (Å²) >= 11 is 0. The molecule has 1 unspecified atom stereocenters. The molecular formula is C46H80O3. The smallest absolute Gasteiger partial charge is 0.306 e. The number of hydrogen-bond donors (Lipinski definition) is 1. The number of carbonyl (C=O) groups is 1. The second-order valence-electron chi connectivity index (χ2n) is 19.1. The fourth-order valence-corrected chi connectivity index (χ4v) is 12.2. The summed E-state index contributed by atoms with van der Waals surface area (Å²) in [6, 6.07) is 0. The molecular weight excluding hydrogens is 601 g/mol. The van der Waals surface area contributed by atoms with Gasteiger partial charge in [0, 0.05) is 18.4 Å². The predicted molar refractivity (Wildman–Crippen MR) is 208 cm³/mol. The number of fused-ring (bicyclic) bond motifs is 5. The number of aliphatic hydroxyl groups is 1. The molecule has 0 saturated heterocycles. The van der Waals surface area contributed by atoms with Crippen LogP contribution in [0.25, 0.3) is 0 Å². The van der Waals surface area contributed by atoms with E-state index < -0.39 is 0 Å². The number of carbonyl (C=O) groups excluding carboxylic acids is 1. The molecule has 0 aliphatic heterocycles. The Morgan fingerprint density at radius 2 is 1.47 bits per heavy atom. The van der Waals surface area contributed by atoms with Gasteiger partial charge in [-0.1, -0.05) is 131 Å². The maximum atomic E-state index is 13.1. The molecule has 3 heteroatoms. The summed E-state index contributed by atoms with van der Waals surface area (Å²) in [5, 5.41) is 9.51. The average molecular weight is 681 g/mol. The van der Waals surface area contributed by atoms with Gasteiger partial charge in [-0.2, -0.15) is 0 Å². The first-order valence-electron chi connectivity index (χ1n) is 21.5. The number of hydrogen-bond acceptors (Lipinski definition) is 3. The van der Waals surface area contributed by atoms with Crippen molar-refractivity contribution >= 4 is 5.97 Å². The predicted octanol–water partition coefficient (Wildman–Crippen LogP) is 13.2. The largest absolute Gasteiger partial charge is 0.461 e. The summed E-state index contributed by atoms with van der Waals surface area (Å²) < 4.78 is 6.34. The first-order chi connectivity index (χ1) is 23.3. The van der Waals surface area contributed by atoms with Crippen LogP contribution in [-0.2, 0) is 9.53 Å². The van der Waals surface area contributed by atoms with Crippen LogP contribution in [0.1, 0.15) is 197 Å². The molecule has 9 atom stereocenters. The highest BCUT2D eigenvalue weighted by Crippen LogP contribution is 2.73. The Balaban J connectivity index is 1.26. The van der Waals surface area contributed by atoms with E-state index in [1.54, 1.807) is 5.57 Å². The van der Waals surface area contributed by atoms with Gasteiger partial charge >= 0.3 is 5.97 Å². The Morgan fingerprint density at radius 3 is 2.16 bits per heavy atom. The maximum absolute atomic E-state index is 13.1. The lowest BCUT2D eigenvalue weighted by molar-refractivity contribution is -0.162. The molecule has 0 heterocycles. The fraction of sp³-hybridized carbons (Fsp3) is 0.891. The van der Waals surface area contributed by atoms with E-state index in [0.29, 0.717) is 29.8 Å². The summed E-state index contributed by atoms with van der Waals surface area (Å²) in [5.41, 5.74) is 2.54. The van der Waals surface area contributed by atoms with Crippen molar-refractivity contribution in [3.8, 4) is 0 Å². The van der Waals surface area contributed by atoms with Crippen molar-refractivity contribution in [2.24, 2.45) is 51.2 Å². The van der Waals surface area contributed by atoms with Gasteiger partial charge in [-0.15, -0.1) is 0 Å². The lowest BCUT2D eigenvalue weighted by atomic mass is 9.40. The molecule has 49 heavy (non-hydrogen) atoms. The number of rotatable bonds is 20. The van der Waals surface area contributed by atoms with Gasteiger partial charge in [0.2, 0.25) is 0 Å². The average Bonchev–Trinajstić information content (AvgIpc) is 3.35. The highest BCUT2D eigenvalue weighted by atomic mass is 16.5. The van der Waals surface area contributed by atoms with Gasteiger partial charge in [-0.05, 0) is 129 Å². The molecule has 0 spiro atoms. The third-order valence-electron chi connectivity index (χ3n) is 15.6.